The van der Waals surface area contributed by atoms with E-state index in [-0.39, 0.29) is 11.6 Å². The molecular formula is C12H8BrFN2O. The van der Waals surface area contributed by atoms with E-state index >= 15 is 0 Å². The van der Waals surface area contributed by atoms with Crippen LogP contribution < -0.4 is 5.32 Å². The fraction of sp³-hybridized carbons (Fsp3) is 0. The summed E-state index contributed by atoms with van der Waals surface area (Å²) >= 11 is 3.23. The molecule has 1 heterocycles. The quantitative estimate of drug-likeness (QED) is 0.924. The highest BCUT2D eigenvalue weighted by Gasteiger charge is 2.07. The molecule has 0 saturated heterocycles. The van der Waals surface area contributed by atoms with Gasteiger partial charge in [0, 0.05) is 16.4 Å². The lowest BCUT2D eigenvalue weighted by Crippen LogP contribution is -2.13. The van der Waals surface area contributed by atoms with Gasteiger partial charge in [0.05, 0.1) is 0 Å². The Bertz CT molecular complexity index is 542. The molecule has 2 aromatic rings. The highest BCUT2D eigenvalue weighted by molar-refractivity contribution is 9.10. The number of hydrogen-bond acceptors (Lipinski definition) is 2. The number of amides is 1. The Morgan fingerprint density at radius 2 is 2.12 bits per heavy atom. The van der Waals surface area contributed by atoms with Crippen LogP contribution in [0.1, 0.15) is 10.5 Å². The molecule has 0 saturated carbocycles. The number of anilines is 1. The van der Waals surface area contributed by atoms with Gasteiger partial charge in [-0.2, -0.15) is 0 Å². The maximum atomic E-state index is 12.9. The molecule has 1 N–H and O–H groups in total. The first-order chi connectivity index (χ1) is 8.15. The summed E-state index contributed by atoms with van der Waals surface area (Å²) < 4.78 is 13.7. The number of halogens is 2. The second kappa shape index (κ2) is 5.05. The van der Waals surface area contributed by atoms with Crippen LogP contribution in [0.4, 0.5) is 10.1 Å². The molecule has 17 heavy (non-hydrogen) atoms. The Morgan fingerprint density at radius 1 is 1.29 bits per heavy atom. The first-order valence-electron chi connectivity index (χ1n) is 4.83. The van der Waals surface area contributed by atoms with Crippen LogP contribution in [-0.4, -0.2) is 10.9 Å². The van der Waals surface area contributed by atoms with Crippen molar-refractivity contribution in [1.82, 2.24) is 4.98 Å². The minimum atomic E-state index is -0.397. The number of carbonyl (C=O) groups excluding carboxylic acids is 1. The number of benzene rings is 1. The molecule has 0 aliphatic heterocycles. The molecule has 0 spiro atoms. The summed E-state index contributed by atoms with van der Waals surface area (Å²) in [6, 6.07) is 9.00. The van der Waals surface area contributed by atoms with E-state index in [1.54, 1.807) is 18.2 Å². The molecule has 1 amide bonds. The predicted octanol–water partition coefficient (Wildman–Crippen LogP) is 3.24. The van der Waals surface area contributed by atoms with Crippen molar-refractivity contribution in [1.29, 1.82) is 0 Å². The standard InChI is InChI=1S/C12H8BrFN2O/c13-8-4-5-11(15-7-8)12(17)16-10-3-1-2-9(14)6-10/h1-7H,(H,16,17). The van der Waals surface area contributed by atoms with E-state index in [1.165, 1.54) is 24.4 Å². The lowest BCUT2D eigenvalue weighted by molar-refractivity contribution is 0.102. The third-order valence-electron chi connectivity index (χ3n) is 2.04. The fourth-order valence-electron chi connectivity index (χ4n) is 1.27. The second-order valence-electron chi connectivity index (χ2n) is 3.33. The molecule has 0 fully saturated rings. The van der Waals surface area contributed by atoms with Crippen molar-refractivity contribution < 1.29 is 9.18 Å². The highest BCUT2D eigenvalue weighted by Crippen LogP contribution is 2.12. The third-order valence-corrected chi connectivity index (χ3v) is 2.51. The van der Waals surface area contributed by atoms with Gasteiger partial charge in [0.25, 0.3) is 5.91 Å². The van der Waals surface area contributed by atoms with Crippen molar-refractivity contribution in [3.05, 3.63) is 58.6 Å². The highest BCUT2D eigenvalue weighted by atomic mass is 79.9. The lowest BCUT2D eigenvalue weighted by atomic mass is 10.3. The van der Waals surface area contributed by atoms with Crippen LogP contribution in [0.2, 0.25) is 0 Å². The van der Waals surface area contributed by atoms with E-state index in [2.05, 4.69) is 26.2 Å². The molecule has 3 nitrogen and oxygen atoms in total. The Hall–Kier alpha value is -1.75. The average molecular weight is 295 g/mol. The van der Waals surface area contributed by atoms with Crippen molar-refractivity contribution in [2.75, 3.05) is 5.32 Å². The number of hydrogen-bond donors (Lipinski definition) is 1. The van der Waals surface area contributed by atoms with E-state index in [9.17, 15) is 9.18 Å². The van der Waals surface area contributed by atoms with Gasteiger partial charge in [-0.15, -0.1) is 0 Å². The Kier molecular flexibility index (Phi) is 3.49. The van der Waals surface area contributed by atoms with Crippen LogP contribution in [0.5, 0.6) is 0 Å². The van der Waals surface area contributed by atoms with Gasteiger partial charge in [-0.05, 0) is 46.3 Å². The van der Waals surface area contributed by atoms with E-state index in [0.29, 0.717) is 5.69 Å². The molecule has 5 heteroatoms. The van der Waals surface area contributed by atoms with Crippen molar-refractivity contribution >= 4 is 27.5 Å². The Balaban J connectivity index is 2.14. The second-order valence-corrected chi connectivity index (χ2v) is 4.24. The van der Waals surface area contributed by atoms with Crippen molar-refractivity contribution in [3.63, 3.8) is 0 Å². The molecule has 0 atom stereocenters. The van der Waals surface area contributed by atoms with Gasteiger partial charge in [0.15, 0.2) is 0 Å². The summed E-state index contributed by atoms with van der Waals surface area (Å²) in [5.41, 5.74) is 0.678. The van der Waals surface area contributed by atoms with Crippen LogP contribution >= 0.6 is 15.9 Å². The van der Waals surface area contributed by atoms with Gasteiger partial charge in [-0.25, -0.2) is 9.37 Å². The van der Waals surface area contributed by atoms with Gasteiger partial charge in [-0.3, -0.25) is 4.79 Å². The topological polar surface area (TPSA) is 42.0 Å². The smallest absolute Gasteiger partial charge is 0.274 e. The largest absolute Gasteiger partial charge is 0.321 e. The zero-order valence-corrected chi connectivity index (χ0v) is 10.2. The normalized spacial score (nSPS) is 10.0. The molecule has 0 bridgehead atoms. The van der Waals surface area contributed by atoms with Gasteiger partial charge in [-0.1, -0.05) is 6.07 Å². The molecule has 0 unspecified atom stereocenters. The minimum absolute atomic E-state index is 0.275. The molecule has 0 aliphatic rings. The van der Waals surface area contributed by atoms with Gasteiger partial charge in [0.1, 0.15) is 11.5 Å². The van der Waals surface area contributed by atoms with Gasteiger partial charge in [0.2, 0.25) is 0 Å². The lowest BCUT2D eigenvalue weighted by Gasteiger charge is -2.04. The van der Waals surface area contributed by atoms with E-state index in [4.69, 9.17) is 0 Å². The van der Waals surface area contributed by atoms with Crippen molar-refractivity contribution in [2.24, 2.45) is 0 Å². The number of rotatable bonds is 2. The minimum Gasteiger partial charge on any atom is -0.321 e. The van der Waals surface area contributed by atoms with Crippen LogP contribution in [0.15, 0.2) is 47.1 Å². The zero-order chi connectivity index (χ0) is 12.3. The maximum Gasteiger partial charge on any atom is 0.274 e. The molecule has 0 aliphatic carbocycles. The fourth-order valence-corrected chi connectivity index (χ4v) is 1.51. The molecule has 1 aromatic carbocycles. The summed E-state index contributed by atoms with van der Waals surface area (Å²) in [6.45, 7) is 0. The summed E-state index contributed by atoms with van der Waals surface area (Å²) in [7, 11) is 0. The number of nitrogens with one attached hydrogen (secondary N) is 1. The number of pyridine rings is 1. The van der Waals surface area contributed by atoms with Crippen LogP contribution in [0.3, 0.4) is 0 Å². The van der Waals surface area contributed by atoms with Crippen molar-refractivity contribution in [2.45, 2.75) is 0 Å². The molecule has 86 valence electrons. The predicted molar refractivity (Wildman–Crippen MR) is 66.3 cm³/mol. The summed E-state index contributed by atoms with van der Waals surface area (Å²) in [6.07, 6.45) is 1.53. The number of carbonyl (C=O) groups is 1. The molecule has 2 rings (SSSR count). The summed E-state index contributed by atoms with van der Waals surface area (Å²) in [4.78, 5) is 15.7. The van der Waals surface area contributed by atoms with Gasteiger partial charge < -0.3 is 5.32 Å². The molecular weight excluding hydrogens is 287 g/mol. The van der Waals surface area contributed by atoms with E-state index in [1.807, 2.05) is 0 Å². The first kappa shape index (κ1) is 11.7. The Morgan fingerprint density at radius 3 is 2.76 bits per heavy atom. The van der Waals surface area contributed by atoms with Crippen LogP contribution in [-0.2, 0) is 0 Å². The van der Waals surface area contributed by atoms with Crippen molar-refractivity contribution in [3.8, 4) is 0 Å². The SMILES string of the molecule is O=C(Nc1cccc(F)c1)c1ccc(Br)cn1. The molecule has 1 aromatic heterocycles. The van der Waals surface area contributed by atoms with E-state index < -0.39 is 5.82 Å². The van der Waals surface area contributed by atoms with Gasteiger partial charge >= 0.3 is 0 Å². The van der Waals surface area contributed by atoms with Crippen LogP contribution in [0, 0.1) is 5.82 Å². The summed E-state index contributed by atoms with van der Waals surface area (Å²) in [5.74, 6) is -0.769. The summed E-state index contributed by atoms with van der Waals surface area (Å²) in [5, 5.41) is 2.56. The third kappa shape index (κ3) is 3.10. The van der Waals surface area contributed by atoms with Crippen LogP contribution in [0.25, 0.3) is 0 Å². The average Bonchev–Trinajstić information content (AvgIpc) is 2.29. The monoisotopic (exact) mass is 294 g/mol. The van der Waals surface area contributed by atoms with E-state index in [0.717, 1.165) is 4.47 Å². The Labute approximate surface area is 106 Å². The zero-order valence-electron chi connectivity index (χ0n) is 8.65. The first-order valence-corrected chi connectivity index (χ1v) is 5.63. The number of nitrogens with zero attached hydrogens (tertiary/aromatic N) is 1. The number of aromatic nitrogens is 1. The maximum absolute atomic E-state index is 12.9. The molecule has 0 radical (unpaired) electrons.